The SMILES string of the molecule is Cc1ccc(Cn2c(N)nc3cc(F)c(Cl)cc32)s1. The molecule has 3 rings (SSSR count). The van der Waals surface area contributed by atoms with Gasteiger partial charge in [0.25, 0.3) is 0 Å². The number of halogens is 2. The van der Waals surface area contributed by atoms with Crippen molar-refractivity contribution in [2.45, 2.75) is 13.5 Å². The molecule has 0 amide bonds. The zero-order chi connectivity index (χ0) is 13.6. The third kappa shape index (κ3) is 2.19. The minimum absolute atomic E-state index is 0.0796. The molecule has 0 aliphatic rings. The lowest BCUT2D eigenvalue weighted by molar-refractivity contribution is 0.629. The van der Waals surface area contributed by atoms with Gasteiger partial charge in [-0.1, -0.05) is 11.6 Å². The maximum atomic E-state index is 13.4. The number of benzene rings is 1. The van der Waals surface area contributed by atoms with Gasteiger partial charge in [-0.3, -0.25) is 0 Å². The van der Waals surface area contributed by atoms with E-state index in [1.165, 1.54) is 15.8 Å². The highest BCUT2D eigenvalue weighted by molar-refractivity contribution is 7.11. The van der Waals surface area contributed by atoms with Crippen molar-refractivity contribution in [1.29, 1.82) is 0 Å². The molecule has 2 aromatic heterocycles. The molecule has 3 nitrogen and oxygen atoms in total. The molecule has 0 fully saturated rings. The fourth-order valence-electron chi connectivity index (χ4n) is 2.03. The van der Waals surface area contributed by atoms with Crippen LogP contribution in [0.1, 0.15) is 9.75 Å². The fraction of sp³-hybridized carbons (Fsp3) is 0.154. The second-order valence-electron chi connectivity index (χ2n) is 4.32. The average molecular weight is 296 g/mol. The quantitative estimate of drug-likeness (QED) is 0.781. The summed E-state index contributed by atoms with van der Waals surface area (Å²) in [4.78, 5) is 6.57. The Balaban J connectivity index is 2.12. The van der Waals surface area contributed by atoms with Crippen LogP contribution in [0.5, 0.6) is 0 Å². The van der Waals surface area contributed by atoms with E-state index in [2.05, 4.69) is 24.0 Å². The van der Waals surface area contributed by atoms with Gasteiger partial charge in [0.15, 0.2) is 0 Å². The number of aryl methyl sites for hydroxylation is 1. The Labute approximate surface area is 118 Å². The molecule has 0 saturated carbocycles. The smallest absolute Gasteiger partial charge is 0.201 e. The van der Waals surface area contributed by atoms with Gasteiger partial charge in [0.05, 0.1) is 22.6 Å². The normalized spacial score (nSPS) is 11.3. The van der Waals surface area contributed by atoms with Crippen LogP contribution in [-0.4, -0.2) is 9.55 Å². The van der Waals surface area contributed by atoms with Crippen LogP contribution in [0.2, 0.25) is 5.02 Å². The number of hydrogen-bond acceptors (Lipinski definition) is 3. The van der Waals surface area contributed by atoms with Crippen molar-refractivity contribution in [3.05, 3.63) is 44.9 Å². The molecule has 6 heteroatoms. The number of hydrogen-bond donors (Lipinski definition) is 1. The molecule has 98 valence electrons. The van der Waals surface area contributed by atoms with Crippen molar-refractivity contribution in [1.82, 2.24) is 9.55 Å². The van der Waals surface area contributed by atoms with Crippen molar-refractivity contribution in [2.24, 2.45) is 0 Å². The first-order valence-electron chi connectivity index (χ1n) is 5.70. The molecule has 1 aromatic carbocycles. The first kappa shape index (κ1) is 12.4. The van der Waals surface area contributed by atoms with Gasteiger partial charge in [-0.15, -0.1) is 11.3 Å². The molecule has 0 aliphatic carbocycles. The third-order valence-corrected chi connectivity index (χ3v) is 4.20. The summed E-state index contributed by atoms with van der Waals surface area (Å²) < 4.78 is 15.2. The lowest BCUT2D eigenvalue weighted by atomic mass is 10.3. The van der Waals surface area contributed by atoms with Crippen LogP contribution in [0.25, 0.3) is 11.0 Å². The van der Waals surface area contributed by atoms with Crippen molar-refractivity contribution in [2.75, 3.05) is 5.73 Å². The Morgan fingerprint density at radius 3 is 2.89 bits per heavy atom. The Hall–Kier alpha value is -1.59. The standard InChI is InChI=1S/C13H11ClFN3S/c1-7-2-3-8(19-7)6-18-12-4-9(14)10(15)5-11(12)17-13(18)16/h2-5H,6H2,1H3,(H2,16,17). The number of anilines is 1. The summed E-state index contributed by atoms with van der Waals surface area (Å²) in [6.45, 7) is 2.67. The fourth-order valence-corrected chi connectivity index (χ4v) is 3.07. The zero-order valence-electron chi connectivity index (χ0n) is 10.2. The van der Waals surface area contributed by atoms with Gasteiger partial charge in [-0.25, -0.2) is 9.37 Å². The van der Waals surface area contributed by atoms with Gasteiger partial charge in [0.2, 0.25) is 5.95 Å². The van der Waals surface area contributed by atoms with Crippen LogP contribution in [0, 0.1) is 12.7 Å². The van der Waals surface area contributed by atoms with E-state index < -0.39 is 5.82 Å². The number of nitrogens with zero attached hydrogens (tertiary/aromatic N) is 2. The number of fused-ring (bicyclic) bond motifs is 1. The Morgan fingerprint density at radius 1 is 1.42 bits per heavy atom. The molecular formula is C13H11ClFN3S. The molecule has 2 heterocycles. The minimum Gasteiger partial charge on any atom is -0.369 e. The highest BCUT2D eigenvalue weighted by atomic mass is 35.5. The first-order chi connectivity index (χ1) is 9.04. The second kappa shape index (κ2) is 4.51. The molecule has 2 N–H and O–H groups in total. The summed E-state index contributed by atoms with van der Waals surface area (Å²) in [5.74, 6) is -0.117. The molecule has 0 spiro atoms. The van der Waals surface area contributed by atoms with Crippen molar-refractivity contribution < 1.29 is 4.39 Å². The van der Waals surface area contributed by atoms with Crippen LogP contribution >= 0.6 is 22.9 Å². The molecule has 0 saturated heterocycles. The first-order valence-corrected chi connectivity index (χ1v) is 6.90. The maximum Gasteiger partial charge on any atom is 0.201 e. The Morgan fingerprint density at radius 2 is 2.21 bits per heavy atom. The summed E-state index contributed by atoms with van der Waals surface area (Å²) in [5, 5.41) is 0.0796. The number of imidazole rings is 1. The van der Waals surface area contributed by atoms with Gasteiger partial charge in [0, 0.05) is 15.8 Å². The van der Waals surface area contributed by atoms with Crippen LogP contribution in [0.15, 0.2) is 24.3 Å². The van der Waals surface area contributed by atoms with Crippen LogP contribution in [0.4, 0.5) is 10.3 Å². The second-order valence-corrected chi connectivity index (χ2v) is 6.10. The highest BCUT2D eigenvalue weighted by Crippen LogP contribution is 2.26. The topological polar surface area (TPSA) is 43.8 Å². The van der Waals surface area contributed by atoms with E-state index in [1.54, 1.807) is 17.4 Å². The Bertz CT molecular complexity index is 763. The van der Waals surface area contributed by atoms with Crippen molar-refractivity contribution in [3.8, 4) is 0 Å². The lowest BCUT2D eigenvalue weighted by Crippen LogP contribution is -2.03. The molecule has 0 aliphatic heterocycles. The third-order valence-electron chi connectivity index (χ3n) is 2.93. The average Bonchev–Trinajstić information content (AvgIpc) is 2.87. The van der Waals surface area contributed by atoms with Crippen molar-refractivity contribution in [3.63, 3.8) is 0 Å². The molecule has 0 radical (unpaired) electrons. The predicted octanol–water partition coefficient (Wildman–Crippen LogP) is 3.83. The predicted molar refractivity (Wildman–Crippen MR) is 77.3 cm³/mol. The van der Waals surface area contributed by atoms with Crippen LogP contribution in [-0.2, 0) is 6.54 Å². The molecular weight excluding hydrogens is 285 g/mol. The van der Waals surface area contributed by atoms with E-state index >= 15 is 0 Å². The number of nitrogen functional groups attached to an aromatic ring is 1. The summed E-state index contributed by atoms with van der Waals surface area (Å²) in [6.07, 6.45) is 0. The van der Waals surface area contributed by atoms with Gasteiger partial charge < -0.3 is 10.3 Å². The van der Waals surface area contributed by atoms with Crippen molar-refractivity contribution >= 4 is 39.9 Å². The van der Waals surface area contributed by atoms with E-state index in [4.69, 9.17) is 17.3 Å². The summed E-state index contributed by atoms with van der Waals surface area (Å²) >= 11 is 7.52. The monoisotopic (exact) mass is 295 g/mol. The molecule has 0 atom stereocenters. The summed E-state index contributed by atoms with van der Waals surface area (Å²) in [5.41, 5.74) is 7.17. The van der Waals surface area contributed by atoms with Gasteiger partial charge in [0.1, 0.15) is 5.82 Å². The summed E-state index contributed by atoms with van der Waals surface area (Å²) in [7, 11) is 0. The van der Waals surface area contributed by atoms with E-state index in [9.17, 15) is 4.39 Å². The van der Waals surface area contributed by atoms with E-state index in [-0.39, 0.29) is 5.02 Å². The highest BCUT2D eigenvalue weighted by Gasteiger charge is 2.12. The molecule has 3 aromatic rings. The molecule has 19 heavy (non-hydrogen) atoms. The molecule has 0 bridgehead atoms. The van der Waals surface area contributed by atoms with Crippen LogP contribution < -0.4 is 5.73 Å². The molecule has 0 unspecified atom stereocenters. The number of aromatic nitrogens is 2. The largest absolute Gasteiger partial charge is 0.369 e. The number of nitrogens with two attached hydrogens (primary N) is 1. The Kier molecular flexibility index (Phi) is 2.95. The van der Waals surface area contributed by atoms with Crippen LogP contribution in [0.3, 0.4) is 0 Å². The lowest BCUT2D eigenvalue weighted by Gasteiger charge is -2.04. The summed E-state index contributed by atoms with van der Waals surface area (Å²) in [6, 6.07) is 6.98. The van der Waals surface area contributed by atoms with E-state index in [1.807, 2.05) is 4.57 Å². The maximum absolute atomic E-state index is 13.4. The minimum atomic E-state index is -0.481. The van der Waals surface area contributed by atoms with Gasteiger partial charge in [-0.05, 0) is 25.1 Å². The number of thiophene rings is 1. The van der Waals surface area contributed by atoms with E-state index in [0.717, 1.165) is 5.52 Å². The van der Waals surface area contributed by atoms with Gasteiger partial charge in [-0.2, -0.15) is 0 Å². The van der Waals surface area contributed by atoms with Gasteiger partial charge >= 0.3 is 0 Å². The van der Waals surface area contributed by atoms with E-state index in [0.29, 0.717) is 18.0 Å². The number of rotatable bonds is 2. The zero-order valence-corrected chi connectivity index (χ0v) is 11.7.